The van der Waals surface area contributed by atoms with Gasteiger partial charge in [-0.1, -0.05) is 19.9 Å². The monoisotopic (exact) mass is 496 g/mol. The van der Waals surface area contributed by atoms with Crippen LogP contribution in [0.4, 0.5) is 14.5 Å². The van der Waals surface area contributed by atoms with Crippen molar-refractivity contribution in [1.82, 2.24) is 15.3 Å². The van der Waals surface area contributed by atoms with Crippen molar-refractivity contribution < 1.29 is 23.4 Å². The molecule has 1 saturated heterocycles. The Balaban J connectivity index is 1.63. The van der Waals surface area contributed by atoms with Crippen LogP contribution in [0.5, 0.6) is 5.75 Å². The molecule has 0 spiro atoms. The highest BCUT2D eigenvalue weighted by Gasteiger charge is 2.33. The lowest BCUT2D eigenvalue weighted by molar-refractivity contribution is 0.0988. The van der Waals surface area contributed by atoms with E-state index in [1.807, 2.05) is 4.90 Å². The normalized spacial score (nSPS) is 17.6. The van der Waals surface area contributed by atoms with Gasteiger partial charge in [-0.2, -0.15) is 0 Å². The fourth-order valence-electron chi connectivity index (χ4n) is 4.74. The van der Waals surface area contributed by atoms with Crippen LogP contribution in [0.1, 0.15) is 36.3 Å². The molecule has 2 aromatic carbocycles. The second kappa shape index (κ2) is 11.1. The van der Waals surface area contributed by atoms with E-state index in [1.54, 1.807) is 12.1 Å². The van der Waals surface area contributed by atoms with E-state index in [-0.39, 0.29) is 59.8 Å². The number of aromatic nitrogens is 2. The lowest BCUT2D eigenvalue weighted by Gasteiger charge is -2.27. The van der Waals surface area contributed by atoms with E-state index < -0.39 is 11.6 Å². The van der Waals surface area contributed by atoms with Crippen LogP contribution in [0.2, 0.25) is 0 Å². The van der Waals surface area contributed by atoms with Gasteiger partial charge in [-0.05, 0) is 48.4 Å². The zero-order valence-electron chi connectivity index (χ0n) is 20.5. The molecule has 3 aromatic rings. The molecule has 0 amide bonds. The molecule has 9 heteroatoms. The first-order valence-corrected chi connectivity index (χ1v) is 11.9. The minimum absolute atomic E-state index is 0.0257. The van der Waals surface area contributed by atoms with Gasteiger partial charge in [0.1, 0.15) is 23.1 Å². The number of halogens is 2. The van der Waals surface area contributed by atoms with E-state index in [1.165, 1.54) is 43.6 Å². The van der Waals surface area contributed by atoms with Gasteiger partial charge in [-0.15, -0.1) is 0 Å². The Morgan fingerprint density at radius 1 is 1.25 bits per heavy atom. The molecule has 2 atom stereocenters. The van der Waals surface area contributed by atoms with Crippen LogP contribution in [0, 0.1) is 11.6 Å². The number of nitrogens with zero attached hydrogens (tertiary/aromatic N) is 3. The zero-order valence-corrected chi connectivity index (χ0v) is 20.5. The maximum Gasteiger partial charge on any atom is 0.185 e. The molecular weight excluding hydrogens is 466 g/mol. The van der Waals surface area contributed by atoms with Crippen LogP contribution in [-0.4, -0.2) is 59.2 Å². The van der Waals surface area contributed by atoms with Gasteiger partial charge in [-0.25, -0.2) is 18.7 Å². The van der Waals surface area contributed by atoms with E-state index >= 15 is 0 Å². The molecule has 0 unspecified atom stereocenters. The maximum atomic E-state index is 14.5. The van der Waals surface area contributed by atoms with Crippen molar-refractivity contribution in [1.29, 1.82) is 0 Å². The van der Waals surface area contributed by atoms with Gasteiger partial charge in [0.15, 0.2) is 11.6 Å². The molecule has 190 valence electrons. The Kier molecular flexibility index (Phi) is 7.91. The number of hydrogen-bond donors (Lipinski definition) is 2. The van der Waals surface area contributed by atoms with Crippen LogP contribution in [-0.2, 0) is 6.42 Å². The Morgan fingerprint density at radius 2 is 2.06 bits per heavy atom. The van der Waals surface area contributed by atoms with E-state index in [4.69, 9.17) is 4.74 Å². The lowest BCUT2D eigenvalue weighted by Crippen LogP contribution is -2.37. The average Bonchev–Trinajstić information content (AvgIpc) is 3.25. The molecule has 0 saturated carbocycles. The Morgan fingerprint density at radius 3 is 2.78 bits per heavy atom. The van der Waals surface area contributed by atoms with Crippen molar-refractivity contribution in [3.05, 3.63) is 71.6 Å². The molecular formula is C27H30F2N4O3. The number of benzene rings is 2. The number of nitrogens with one attached hydrogen (secondary N) is 1. The van der Waals surface area contributed by atoms with Gasteiger partial charge in [-0.3, -0.25) is 4.79 Å². The quantitative estimate of drug-likeness (QED) is 0.436. The molecule has 2 N–H and O–H groups in total. The van der Waals surface area contributed by atoms with Crippen molar-refractivity contribution in [3.63, 3.8) is 0 Å². The fourth-order valence-corrected chi connectivity index (χ4v) is 4.74. The van der Waals surface area contributed by atoms with E-state index in [2.05, 4.69) is 29.1 Å². The van der Waals surface area contributed by atoms with Crippen LogP contribution in [0.25, 0.3) is 11.4 Å². The highest BCUT2D eigenvalue weighted by atomic mass is 19.1. The number of ether oxygens (including phenoxy) is 1. The number of methoxy groups -OCH3 is 1. The summed E-state index contributed by atoms with van der Waals surface area (Å²) in [6.45, 7) is 4.69. The number of carbonyl (C=O) groups is 1. The second-order valence-corrected chi connectivity index (χ2v) is 9.20. The SMILES string of the molecule is COc1cccc(F)c1-c1nccc(C(=O)Cc2cc(F)ccc2N2C[C@@H](NC(C)C)C[C@H]2CO)n1. The van der Waals surface area contributed by atoms with Crippen LogP contribution < -0.4 is 15.0 Å². The third-order valence-corrected chi connectivity index (χ3v) is 6.26. The summed E-state index contributed by atoms with van der Waals surface area (Å²) in [6, 6.07) is 10.5. The van der Waals surface area contributed by atoms with Crippen molar-refractivity contribution in [2.24, 2.45) is 0 Å². The molecule has 0 aliphatic carbocycles. The molecule has 1 fully saturated rings. The van der Waals surface area contributed by atoms with Gasteiger partial charge in [0.25, 0.3) is 0 Å². The van der Waals surface area contributed by atoms with Crippen molar-refractivity contribution in [3.8, 4) is 17.1 Å². The first kappa shape index (κ1) is 25.7. The first-order valence-electron chi connectivity index (χ1n) is 11.9. The number of anilines is 1. The van der Waals surface area contributed by atoms with Crippen molar-refractivity contribution in [2.75, 3.05) is 25.2 Å². The molecule has 0 radical (unpaired) electrons. The molecule has 1 aliphatic rings. The number of ketones is 1. The third kappa shape index (κ3) is 5.52. The molecule has 1 aromatic heterocycles. The highest BCUT2D eigenvalue weighted by Crippen LogP contribution is 2.32. The largest absolute Gasteiger partial charge is 0.496 e. The lowest BCUT2D eigenvalue weighted by atomic mass is 10.0. The number of rotatable bonds is 9. The summed E-state index contributed by atoms with van der Waals surface area (Å²) in [5, 5.41) is 13.5. The minimum atomic E-state index is -0.569. The smallest absolute Gasteiger partial charge is 0.185 e. The molecule has 0 bridgehead atoms. The standard InChI is InChI=1S/C27H30F2N4O3/c1-16(2)31-19-13-20(15-34)33(14-19)23-8-7-18(28)11-17(23)12-24(35)22-9-10-30-27(32-22)26-21(29)5-4-6-25(26)36-3/h4-11,16,19-20,31,34H,12-15H2,1-3H3/t19-,20-/m0/s1. The number of hydrogen-bond acceptors (Lipinski definition) is 7. The van der Waals surface area contributed by atoms with Gasteiger partial charge in [0, 0.05) is 36.9 Å². The fraction of sp³-hybridized carbons (Fsp3) is 0.370. The second-order valence-electron chi connectivity index (χ2n) is 9.20. The predicted octanol–water partition coefficient (Wildman–Crippen LogP) is 3.79. The van der Waals surface area contributed by atoms with Crippen LogP contribution in [0.3, 0.4) is 0 Å². The number of aliphatic hydroxyl groups is 1. The molecule has 2 heterocycles. The molecule has 4 rings (SSSR count). The first-order chi connectivity index (χ1) is 17.3. The Bertz CT molecular complexity index is 1240. The summed E-state index contributed by atoms with van der Waals surface area (Å²) in [6.07, 6.45) is 2.01. The van der Waals surface area contributed by atoms with Gasteiger partial charge in [0.2, 0.25) is 0 Å². The van der Waals surface area contributed by atoms with Gasteiger partial charge < -0.3 is 20.1 Å². The Labute approximate surface area is 209 Å². The van der Waals surface area contributed by atoms with Crippen molar-refractivity contribution in [2.45, 2.75) is 44.8 Å². The predicted molar refractivity (Wildman–Crippen MR) is 133 cm³/mol. The van der Waals surface area contributed by atoms with E-state index in [0.717, 1.165) is 6.42 Å². The summed E-state index contributed by atoms with van der Waals surface area (Å²) in [5.41, 5.74) is 1.34. The third-order valence-electron chi connectivity index (χ3n) is 6.26. The summed E-state index contributed by atoms with van der Waals surface area (Å²) < 4.78 is 34.0. The van der Waals surface area contributed by atoms with Crippen LogP contribution in [0.15, 0.2) is 48.7 Å². The number of aliphatic hydroxyl groups excluding tert-OH is 1. The molecule has 1 aliphatic heterocycles. The number of Topliss-reactive ketones (excluding diaryl/α,β-unsaturated/α-hetero) is 1. The Hall–Kier alpha value is -3.43. The van der Waals surface area contributed by atoms with E-state index in [0.29, 0.717) is 17.8 Å². The summed E-state index contributed by atoms with van der Waals surface area (Å²) in [7, 11) is 1.41. The summed E-state index contributed by atoms with van der Waals surface area (Å²) >= 11 is 0. The highest BCUT2D eigenvalue weighted by molar-refractivity contribution is 5.97. The molecule has 36 heavy (non-hydrogen) atoms. The summed E-state index contributed by atoms with van der Waals surface area (Å²) in [4.78, 5) is 23.7. The zero-order chi connectivity index (χ0) is 25.8. The van der Waals surface area contributed by atoms with Crippen molar-refractivity contribution >= 4 is 11.5 Å². The van der Waals surface area contributed by atoms with Gasteiger partial charge >= 0.3 is 0 Å². The summed E-state index contributed by atoms with van der Waals surface area (Å²) in [5.74, 6) is -1.12. The average molecular weight is 497 g/mol. The van der Waals surface area contributed by atoms with Gasteiger partial charge in [0.05, 0.1) is 25.3 Å². The molecule has 7 nitrogen and oxygen atoms in total. The van der Waals surface area contributed by atoms with E-state index in [9.17, 15) is 18.7 Å². The number of carbonyl (C=O) groups excluding carboxylic acids is 1. The van der Waals surface area contributed by atoms with Crippen LogP contribution >= 0.6 is 0 Å². The minimum Gasteiger partial charge on any atom is -0.496 e. The topological polar surface area (TPSA) is 87.6 Å². The maximum absolute atomic E-state index is 14.5.